The summed E-state index contributed by atoms with van der Waals surface area (Å²) in [5.41, 5.74) is 1.11. The Kier molecular flexibility index (Phi) is 4.71. The highest BCUT2D eigenvalue weighted by atomic mass is 32.1. The van der Waals surface area contributed by atoms with Gasteiger partial charge >= 0.3 is 0 Å². The summed E-state index contributed by atoms with van der Waals surface area (Å²) < 4.78 is 26.9. The van der Waals surface area contributed by atoms with E-state index in [0.717, 1.165) is 41.7 Å². The number of carbonyl (C=O) groups excluding carboxylic acids is 1. The van der Waals surface area contributed by atoms with Crippen molar-refractivity contribution in [2.75, 3.05) is 13.1 Å². The third-order valence-corrected chi connectivity index (χ3v) is 5.23. The quantitative estimate of drug-likeness (QED) is 0.857. The van der Waals surface area contributed by atoms with Crippen molar-refractivity contribution in [2.45, 2.75) is 32.1 Å². The van der Waals surface area contributed by atoms with E-state index in [1.807, 2.05) is 12.3 Å². The van der Waals surface area contributed by atoms with E-state index in [1.54, 1.807) is 16.2 Å². The van der Waals surface area contributed by atoms with Crippen LogP contribution in [0.4, 0.5) is 8.78 Å². The van der Waals surface area contributed by atoms with Gasteiger partial charge in [-0.3, -0.25) is 4.79 Å². The molecule has 2 aromatic rings. The maximum absolute atomic E-state index is 13.7. The summed E-state index contributed by atoms with van der Waals surface area (Å²) in [7, 11) is 0. The molecule has 1 aliphatic rings. The Morgan fingerprint density at radius 1 is 1.43 bits per heavy atom. The molecule has 0 bridgehead atoms. The maximum Gasteiger partial charge on any atom is 0.227 e. The van der Waals surface area contributed by atoms with Crippen LogP contribution >= 0.6 is 11.3 Å². The lowest BCUT2D eigenvalue weighted by Crippen LogP contribution is -2.40. The summed E-state index contributed by atoms with van der Waals surface area (Å²) in [5, 5.41) is 3.06. The van der Waals surface area contributed by atoms with Crippen molar-refractivity contribution in [3.63, 3.8) is 0 Å². The van der Waals surface area contributed by atoms with Crippen LogP contribution in [0.5, 0.6) is 0 Å². The fraction of sp³-hybridized carbons (Fsp3) is 0.412. The number of benzene rings is 1. The monoisotopic (exact) mass is 336 g/mol. The molecular weight excluding hydrogens is 318 g/mol. The Labute approximate surface area is 138 Å². The van der Waals surface area contributed by atoms with E-state index in [1.165, 1.54) is 0 Å². The van der Waals surface area contributed by atoms with Gasteiger partial charge in [-0.1, -0.05) is 0 Å². The number of rotatable bonds is 3. The first-order chi connectivity index (χ1) is 11.0. The highest BCUT2D eigenvalue weighted by molar-refractivity contribution is 7.09. The molecule has 0 spiro atoms. The van der Waals surface area contributed by atoms with E-state index >= 15 is 0 Å². The average Bonchev–Trinajstić information content (AvgIpc) is 2.97. The molecule has 1 fully saturated rings. The molecule has 0 aliphatic carbocycles. The standard InChI is InChI=1S/C17H18F2N2OS/c1-11-10-23-17(20-11)12-3-2-6-21(9-12)16(22)8-13-7-14(18)4-5-15(13)19/h4-5,7,10,12H,2-3,6,8-9H2,1H3. The smallest absolute Gasteiger partial charge is 0.227 e. The minimum Gasteiger partial charge on any atom is -0.342 e. The molecule has 1 aromatic heterocycles. The fourth-order valence-electron chi connectivity index (χ4n) is 2.92. The molecule has 1 atom stereocenters. The van der Waals surface area contributed by atoms with Gasteiger partial charge in [0.1, 0.15) is 11.6 Å². The maximum atomic E-state index is 13.7. The van der Waals surface area contributed by atoms with Crippen molar-refractivity contribution < 1.29 is 13.6 Å². The predicted molar refractivity (Wildman–Crippen MR) is 85.5 cm³/mol. The van der Waals surface area contributed by atoms with Gasteiger partial charge in [0.05, 0.1) is 11.4 Å². The lowest BCUT2D eigenvalue weighted by molar-refractivity contribution is -0.131. The van der Waals surface area contributed by atoms with Gasteiger partial charge in [0, 0.05) is 35.6 Å². The number of thiazole rings is 1. The van der Waals surface area contributed by atoms with Gasteiger partial charge in [0.15, 0.2) is 0 Å². The second-order valence-electron chi connectivity index (χ2n) is 5.92. The van der Waals surface area contributed by atoms with Crippen molar-refractivity contribution in [3.8, 4) is 0 Å². The first kappa shape index (κ1) is 16.1. The number of aryl methyl sites for hydroxylation is 1. The number of amides is 1. The Bertz CT molecular complexity index is 716. The molecule has 0 saturated carbocycles. The van der Waals surface area contributed by atoms with E-state index in [2.05, 4.69) is 4.98 Å². The molecule has 1 unspecified atom stereocenters. The number of halogens is 2. The number of aromatic nitrogens is 1. The van der Waals surface area contributed by atoms with E-state index in [9.17, 15) is 13.6 Å². The molecular formula is C17H18F2N2OS. The zero-order valence-electron chi connectivity index (χ0n) is 12.9. The summed E-state index contributed by atoms with van der Waals surface area (Å²) in [5.74, 6) is -0.982. The summed E-state index contributed by atoms with van der Waals surface area (Å²) in [6.07, 6.45) is 1.80. The SMILES string of the molecule is Cc1csc(C2CCCN(C(=O)Cc3cc(F)ccc3F)C2)n1. The number of carbonyl (C=O) groups is 1. The van der Waals surface area contributed by atoms with Crippen LogP contribution in [0.25, 0.3) is 0 Å². The first-order valence-electron chi connectivity index (χ1n) is 7.66. The van der Waals surface area contributed by atoms with Gasteiger partial charge < -0.3 is 4.90 Å². The normalized spacial score (nSPS) is 18.2. The minimum absolute atomic E-state index is 0.104. The van der Waals surface area contributed by atoms with Crippen LogP contribution in [0.2, 0.25) is 0 Å². The van der Waals surface area contributed by atoms with Gasteiger partial charge in [-0.25, -0.2) is 13.8 Å². The van der Waals surface area contributed by atoms with Crippen LogP contribution in [0, 0.1) is 18.6 Å². The second-order valence-corrected chi connectivity index (χ2v) is 6.81. The molecule has 3 nitrogen and oxygen atoms in total. The lowest BCUT2D eigenvalue weighted by Gasteiger charge is -2.32. The molecule has 2 heterocycles. The summed E-state index contributed by atoms with van der Waals surface area (Å²) in [4.78, 5) is 18.7. The van der Waals surface area contributed by atoms with Crippen LogP contribution in [0.3, 0.4) is 0 Å². The van der Waals surface area contributed by atoms with Gasteiger partial charge in [0.2, 0.25) is 5.91 Å². The van der Waals surface area contributed by atoms with Crippen LogP contribution in [-0.4, -0.2) is 28.9 Å². The molecule has 0 N–H and O–H groups in total. The van der Waals surface area contributed by atoms with Gasteiger partial charge in [-0.2, -0.15) is 0 Å². The van der Waals surface area contributed by atoms with Crippen molar-refractivity contribution in [3.05, 3.63) is 51.5 Å². The molecule has 23 heavy (non-hydrogen) atoms. The van der Waals surface area contributed by atoms with Crippen molar-refractivity contribution in [1.82, 2.24) is 9.88 Å². The first-order valence-corrected chi connectivity index (χ1v) is 8.54. The largest absolute Gasteiger partial charge is 0.342 e. The minimum atomic E-state index is -0.538. The molecule has 6 heteroatoms. The molecule has 122 valence electrons. The zero-order valence-corrected chi connectivity index (χ0v) is 13.7. The van der Waals surface area contributed by atoms with Crippen molar-refractivity contribution in [2.24, 2.45) is 0 Å². The molecule has 1 aromatic carbocycles. The van der Waals surface area contributed by atoms with Crippen LogP contribution < -0.4 is 0 Å². The fourth-order valence-corrected chi connectivity index (χ4v) is 3.84. The summed E-state index contributed by atoms with van der Waals surface area (Å²) in [6, 6.07) is 3.22. The second kappa shape index (κ2) is 6.74. The Hall–Kier alpha value is -1.82. The number of nitrogens with zero attached hydrogens (tertiary/aromatic N) is 2. The molecule has 1 amide bonds. The molecule has 3 rings (SSSR count). The third kappa shape index (κ3) is 3.75. The van der Waals surface area contributed by atoms with Crippen LogP contribution in [0.1, 0.15) is 35.0 Å². The van der Waals surface area contributed by atoms with Crippen LogP contribution in [-0.2, 0) is 11.2 Å². The van der Waals surface area contributed by atoms with Crippen molar-refractivity contribution >= 4 is 17.2 Å². The molecule has 0 radical (unpaired) electrons. The summed E-state index contributed by atoms with van der Waals surface area (Å²) in [6.45, 7) is 3.22. The van der Waals surface area contributed by atoms with Crippen LogP contribution in [0.15, 0.2) is 23.6 Å². The zero-order chi connectivity index (χ0) is 16.4. The predicted octanol–water partition coefficient (Wildman–Crippen LogP) is 3.68. The lowest BCUT2D eigenvalue weighted by atomic mass is 9.98. The van der Waals surface area contributed by atoms with Gasteiger partial charge in [-0.15, -0.1) is 11.3 Å². The summed E-state index contributed by atoms with van der Waals surface area (Å²) >= 11 is 1.62. The number of hydrogen-bond donors (Lipinski definition) is 0. The highest BCUT2D eigenvalue weighted by Gasteiger charge is 2.27. The van der Waals surface area contributed by atoms with E-state index in [-0.39, 0.29) is 23.8 Å². The van der Waals surface area contributed by atoms with Crippen molar-refractivity contribution in [1.29, 1.82) is 0 Å². The third-order valence-electron chi connectivity index (χ3n) is 4.11. The number of hydrogen-bond acceptors (Lipinski definition) is 3. The van der Waals surface area contributed by atoms with E-state index < -0.39 is 11.6 Å². The highest BCUT2D eigenvalue weighted by Crippen LogP contribution is 2.29. The number of likely N-dealkylation sites (tertiary alicyclic amines) is 1. The van der Waals surface area contributed by atoms with E-state index in [4.69, 9.17) is 0 Å². The van der Waals surface area contributed by atoms with E-state index in [0.29, 0.717) is 13.1 Å². The average molecular weight is 336 g/mol. The Balaban J connectivity index is 1.68. The van der Waals surface area contributed by atoms with Gasteiger partial charge in [0.25, 0.3) is 0 Å². The Morgan fingerprint density at radius 2 is 2.26 bits per heavy atom. The Morgan fingerprint density at radius 3 is 3.00 bits per heavy atom. The molecule has 1 saturated heterocycles. The topological polar surface area (TPSA) is 33.2 Å². The van der Waals surface area contributed by atoms with Gasteiger partial charge in [-0.05, 0) is 38.0 Å². The molecule has 1 aliphatic heterocycles. The number of piperidine rings is 1.